The molecule has 26 heavy (non-hydrogen) atoms. The van der Waals surface area contributed by atoms with E-state index in [2.05, 4.69) is 9.97 Å². The molecule has 0 saturated carbocycles. The fourth-order valence-electron chi connectivity index (χ4n) is 2.26. The van der Waals surface area contributed by atoms with Crippen LogP contribution in [-0.4, -0.2) is 23.7 Å². The molecule has 0 radical (unpaired) electrons. The van der Waals surface area contributed by atoms with Gasteiger partial charge >= 0.3 is 0 Å². The molecule has 0 aliphatic carbocycles. The number of benzene rings is 1. The molecule has 3 aromatic rings. The minimum Gasteiger partial charge on any atom is -0.493 e. The highest BCUT2D eigenvalue weighted by Gasteiger charge is 2.11. The lowest BCUT2D eigenvalue weighted by atomic mass is 10.1. The first-order chi connectivity index (χ1) is 12.7. The molecule has 0 aliphatic heterocycles. The van der Waals surface area contributed by atoms with E-state index in [0.29, 0.717) is 24.5 Å². The van der Waals surface area contributed by atoms with E-state index < -0.39 is 11.9 Å². The van der Waals surface area contributed by atoms with Gasteiger partial charge in [0.1, 0.15) is 0 Å². The standard InChI is InChI=1S/C19H16F2N2O3/c1-24-16-12-13(9-11-25-18-6-2-5-17(20)23-18)7-8-14(16)26-15-4-3-10-22-19(15)21/h2-8,10,12H,9,11H2,1H3. The predicted octanol–water partition coefficient (Wildman–Crippen LogP) is 4.18. The maximum atomic E-state index is 13.6. The molecule has 0 N–H and O–H groups in total. The highest BCUT2D eigenvalue weighted by atomic mass is 19.1. The van der Waals surface area contributed by atoms with Crippen molar-refractivity contribution in [1.82, 2.24) is 9.97 Å². The van der Waals surface area contributed by atoms with Gasteiger partial charge < -0.3 is 14.2 Å². The van der Waals surface area contributed by atoms with E-state index >= 15 is 0 Å². The predicted molar refractivity (Wildman–Crippen MR) is 90.7 cm³/mol. The Hall–Kier alpha value is -3.22. The van der Waals surface area contributed by atoms with Gasteiger partial charge in [0.05, 0.1) is 13.7 Å². The Morgan fingerprint density at radius 1 is 0.962 bits per heavy atom. The van der Waals surface area contributed by atoms with Crippen molar-refractivity contribution in [3.63, 3.8) is 0 Å². The Morgan fingerprint density at radius 2 is 1.85 bits per heavy atom. The zero-order valence-electron chi connectivity index (χ0n) is 14.0. The van der Waals surface area contributed by atoms with Crippen molar-refractivity contribution in [2.24, 2.45) is 0 Å². The molecule has 0 bridgehead atoms. The van der Waals surface area contributed by atoms with Crippen molar-refractivity contribution in [1.29, 1.82) is 0 Å². The van der Waals surface area contributed by atoms with Crippen LogP contribution in [0.25, 0.3) is 0 Å². The van der Waals surface area contributed by atoms with Crippen molar-refractivity contribution < 1.29 is 23.0 Å². The molecule has 0 fully saturated rings. The van der Waals surface area contributed by atoms with Crippen LogP contribution in [0.3, 0.4) is 0 Å². The SMILES string of the molecule is COc1cc(CCOc2cccc(F)n2)ccc1Oc1cccnc1F. The summed E-state index contributed by atoms with van der Waals surface area (Å²) in [6.45, 7) is 0.317. The summed E-state index contributed by atoms with van der Waals surface area (Å²) in [6.07, 6.45) is 1.89. The Balaban J connectivity index is 1.65. The second kappa shape index (κ2) is 8.24. The van der Waals surface area contributed by atoms with Crippen LogP contribution < -0.4 is 14.2 Å². The summed E-state index contributed by atoms with van der Waals surface area (Å²) in [6, 6.07) is 12.7. The fourth-order valence-corrected chi connectivity index (χ4v) is 2.26. The van der Waals surface area contributed by atoms with E-state index in [9.17, 15) is 8.78 Å². The van der Waals surface area contributed by atoms with Crippen LogP contribution >= 0.6 is 0 Å². The second-order valence-corrected chi connectivity index (χ2v) is 5.28. The summed E-state index contributed by atoms with van der Waals surface area (Å²) in [5, 5.41) is 0. The van der Waals surface area contributed by atoms with Crippen LogP contribution in [0.4, 0.5) is 8.78 Å². The van der Waals surface area contributed by atoms with Crippen LogP contribution in [0, 0.1) is 11.9 Å². The van der Waals surface area contributed by atoms with Crippen molar-refractivity contribution in [3.8, 4) is 23.1 Å². The number of methoxy groups -OCH3 is 1. The summed E-state index contributed by atoms with van der Waals surface area (Å²) >= 11 is 0. The van der Waals surface area contributed by atoms with E-state index in [0.717, 1.165) is 5.56 Å². The zero-order valence-corrected chi connectivity index (χ0v) is 14.0. The van der Waals surface area contributed by atoms with Gasteiger partial charge in [0.15, 0.2) is 17.2 Å². The first-order valence-electron chi connectivity index (χ1n) is 7.86. The van der Waals surface area contributed by atoms with Crippen molar-refractivity contribution >= 4 is 0 Å². The van der Waals surface area contributed by atoms with E-state index in [1.165, 1.54) is 31.5 Å². The second-order valence-electron chi connectivity index (χ2n) is 5.28. The molecule has 7 heteroatoms. The molecule has 0 aliphatic rings. The number of hydrogen-bond donors (Lipinski definition) is 0. The number of rotatable bonds is 7. The Bertz CT molecular complexity index is 890. The monoisotopic (exact) mass is 358 g/mol. The molecule has 0 unspecified atom stereocenters. The maximum absolute atomic E-state index is 13.6. The molecule has 3 rings (SSSR count). The van der Waals surface area contributed by atoms with Gasteiger partial charge in [-0.15, -0.1) is 0 Å². The van der Waals surface area contributed by atoms with Gasteiger partial charge in [-0.2, -0.15) is 13.8 Å². The molecule has 2 aromatic heterocycles. The molecule has 0 amide bonds. The minimum absolute atomic E-state index is 0.0130. The van der Waals surface area contributed by atoms with Gasteiger partial charge in [0, 0.05) is 18.7 Å². The quantitative estimate of drug-likeness (QED) is 0.593. The van der Waals surface area contributed by atoms with Crippen LogP contribution in [-0.2, 0) is 6.42 Å². The first-order valence-corrected chi connectivity index (χ1v) is 7.86. The average Bonchev–Trinajstić information content (AvgIpc) is 2.64. The van der Waals surface area contributed by atoms with Gasteiger partial charge in [0.2, 0.25) is 11.8 Å². The topological polar surface area (TPSA) is 53.5 Å². The summed E-state index contributed by atoms with van der Waals surface area (Å²) in [5.74, 6) is -0.225. The summed E-state index contributed by atoms with van der Waals surface area (Å²) < 4.78 is 42.9. The van der Waals surface area contributed by atoms with Crippen LogP contribution in [0.15, 0.2) is 54.7 Å². The Morgan fingerprint density at radius 3 is 2.62 bits per heavy atom. The van der Waals surface area contributed by atoms with Gasteiger partial charge in [-0.25, -0.2) is 4.98 Å². The van der Waals surface area contributed by atoms with Crippen LogP contribution in [0.5, 0.6) is 23.1 Å². The van der Waals surface area contributed by atoms with E-state index in [-0.39, 0.29) is 11.6 Å². The number of hydrogen-bond acceptors (Lipinski definition) is 5. The zero-order chi connectivity index (χ0) is 18.4. The van der Waals surface area contributed by atoms with Crippen LogP contribution in [0.1, 0.15) is 5.56 Å². The van der Waals surface area contributed by atoms with Gasteiger partial charge in [-0.3, -0.25) is 0 Å². The molecule has 0 spiro atoms. The normalized spacial score (nSPS) is 10.4. The number of nitrogens with zero attached hydrogens (tertiary/aromatic N) is 2. The Labute approximate surface area is 149 Å². The summed E-state index contributed by atoms with van der Waals surface area (Å²) in [7, 11) is 1.50. The highest BCUT2D eigenvalue weighted by Crippen LogP contribution is 2.33. The summed E-state index contributed by atoms with van der Waals surface area (Å²) in [5.41, 5.74) is 0.914. The van der Waals surface area contributed by atoms with Gasteiger partial charge in [-0.1, -0.05) is 12.1 Å². The molecule has 0 saturated heterocycles. The molecule has 5 nitrogen and oxygen atoms in total. The number of ether oxygens (including phenoxy) is 3. The molecule has 2 heterocycles. The number of halogens is 2. The fraction of sp³-hybridized carbons (Fsp3) is 0.158. The largest absolute Gasteiger partial charge is 0.493 e. The smallest absolute Gasteiger partial charge is 0.255 e. The lowest BCUT2D eigenvalue weighted by Crippen LogP contribution is -2.03. The molecule has 134 valence electrons. The third kappa shape index (κ3) is 4.44. The molecular weight excluding hydrogens is 342 g/mol. The molecule has 0 atom stereocenters. The average molecular weight is 358 g/mol. The van der Waals surface area contributed by atoms with Crippen molar-refractivity contribution in [2.75, 3.05) is 13.7 Å². The van der Waals surface area contributed by atoms with Crippen LogP contribution in [0.2, 0.25) is 0 Å². The Kier molecular flexibility index (Phi) is 5.58. The summed E-state index contributed by atoms with van der Waals surface area (Å²) in [4.78, 5) is 7.17. The van der Waals surface area contributed by atoms with Gasteiger partial charge in [-0.05, 0) is 35.9 Å². The van der Waals surface area contributed by atoms with E-state index in [1.807, 2.05) is 6.07 Å². The number of pyridine rings is 2. The minimum atomic E-state index is -0.699. The first kappa shape index (κ1) is 17.6. The third-order valence-corrected chi connectivity index (χ3v) is 3.50. The van der Waals surface area contributed by atoms with E-state index in [4.69, 9.17) is 14.2 Å². The van der Waals surface area contributed by atoms with E-state index in [1.54, 1.807) is 24.3 Å². The van der Waals surface area contributed by atoms with Crippen molar-refractivity contribution in [2.45, 2.75) is 6.42 Å². The number of aromatic nitrogens is 2. The maximum Gasteiger partial charge on any atom is 0.255 e. The lowest BCUT2D eigenvalue weighted by Gasteiger charge is -2.12. The third-order valence-electron chi connectivity index (χ3n) is 3.50. The molecular formula is C19H16F2N2O3. The molecule has 1 aromatic carbocycles. The highest BCUT2D eigenvalue weighted by molar-refractivity contribution is 5.45. The lowest BCUT2D eigenvalue weighted by molar-refractivity contribution is 0.304. The van der Waals surface area contributed by atoms with Crippen molar-refractivity contribution in [3.05, 3.63) is 72.2 Å². The van der Waals surface area contributed by atoms with Gasteiger partial charge in [0.25, 0.3) is 5.95 Å².